The van der Waals surface area contributed by atoms with Gasteiger partial charge in [-0.3, -0.25) is 0 Å². The molecule has 3 aliphatic rings. The number of hydrogen-bond donors (Lipinski definition) is 0. The van der Waals surface area contributed by atoms with Gasteiger partial charge < -0.3 is 4.42 Å². The summed E-state index contributed by atoms with van der Waals surface area (Å²) in [5.41, 5.74) is 12.5. The first kappa shape index (κ1) is 19.0. The predicted octanol–water partition coefficient (Wildman–Crippen LogP) is 6.52. The second-order valence-corrected chi connectivity index (χ2v) is 10.7. The van der Waals surface area contributed by atoms with Crippen LogP contribution in [0.1, 0.15) is 34.2 Å². The largest absolute Gasteiger partial charge is 0.455 e. The van der Waals surface area contributed by atoms with Crippen LogP contribution in [0.4, 0.5) is 0 Å². The number of hydrogen-bond acceptors (Lipinski definition) is 1. The second-order valence-electron chi connectivity index (χ2n) is 10.7. The Labute approximate surface area is 208 Å². The molecule has 5 heterocycles. The third kappa shape index (κ3) is 1.97. The molecule has 3 heteroatoms. The Morgan fingerprint density at radius 2 is 1.69 bits per heavy atom. The van der Waals surface area contributed by atoms with E-state index in [0.29, 0.717) is 12.0 Å². The van der Waals surface area contributed by atoms with E-state index < -0.39 is 0 Å². The molecule has 1 fully saturated rings. The van der Waals surface area contributed by atoms with Crippen molar-refractivity contribution in [2.24, 2.45) is 0 Å². The maximum Gasteiger partial charge on any atom is 0.269 e. The van der Waals surface area contributed by atoms with Crippen LogP contribution in [0.25, 0.3) is 44.5 Å². The number of aromatic nitrogens is 2. The molecule has 1 saturated carbocycles. The highest BCUT2D eigenvalue weighted by Crippen LogP contribution is 2.71. The quantitative estimate of drug-likeness (QED) is 0.234. The van der Waals surface area contributed by atoms with Crippen LogP contribution in [-0.4, -0.2) is 0 Å². The Morgan fingerprint density at radius 3 is 2.64 bits per heavy atom. The van der Waals surface area contributed by atoms with E-state index in [2.05, 4.69) is 120 Å². The van der Waals surface area contributed by atoms with Crippen molar-refractivity contribution in [2.75, 3.05) is 0 Å². The molecule has 36 heavy (non-hydrogen) atoms. The predicted molar refractivity (Wildman–Crippen MR) is 140 cm³/mol. The van der Waals surface area contributed by atoms with E-state index in [9.17, 15) is 0 Å². The van der Waals surface area contributed by atoms with E-state index in [1.54, 1.807) is 0 Å². The number of furan rings is 1. The standard InChI is InChI=1S/C33H24N2O/c1-19-12-13-23-25(18-19)33(35-17-6-5-10-26(23)35)29-24-15-14-22-21-9-3-4-11-27(21)36-31(22)28(24)30-20(2)8-7-16-34(30)32(29)33/h3-18,29,32H,1-2H3/q+2. The highest BCUT2D eigenvalue weighted by molar-refractivity contribution is 6.10. The summed E-state index contributed by atoms with van der Waals surface area (Å²) >= 11 is 0. The molecule has 3 aromatic heterocycles. The van der Waals surface area contributed by atoms with E-state index in [1.807, 2.05) is 0 Å². The number of rotatable bonds is 0. The minimum atomic E-state index is -0.143. The maximum absolute atomic E-state index is 6.62. The van der Waals surface area contributed by atoms with Crippen molar-refractivity contribution < 1.29 is 13.6 Å². The summed E-state index contributed by atoms with van der Waals surface area (Å²) in [6.45, 7) is 4.45. The monoisotopic (exact) mass is 464 g/mol. The Bertz CT molecular complexity index is 1950. The SMILES string of the molecule is Cc1ccc2c(c1)C1(C3c4ccc5c(oc6ccccc65)c4-c4c(C)ccc[n+]4C31)[n+]1ccccc1-2. The molecule has 3 aromatic carbocycles. The lowest BCUT2D eigenvalue weighted by atomic mass is 9.90. The molecular weight excluding hydrogens is 440 g/mol. The summed E-state index contributed by atoms with van der Waals surface area (Å²) in [6, 6.07) is 31.5. The molecule has 3 nitrogen and oxygen atoms in total. The molecule has 3 atom stereocenters. The molecular formula is C33H24N2O+2. The average Bonchev–Trinajstić information content (AvgIpc) is 3.34. The summed E-state index contributed by atoms with van der Waals surface area (Å²) in [6.07, 6.45) is 4.58. The summed E-state index contributed by atoms with van der Waals surface area (Å²) in [4.78, 5) is 0. The number of pyridine rings is 2. The van der Waals surface area contributed by atoms with Gasteiger partial charge in [-0.1, -0.05) is 42.0 Å². The molecule has 0 N–H and O–H groups in total. The highest BCUT2D eigenvalue weighted by Gasteiger charge is 2.86. The van der Waals surface area contributed by atoms with Crippen molar-refractivity contribution in [3.63, 3.8) is 0 Å². The van der Waals surface area contributed by atoms with Gasteiger partial charge in [-0.25, -0.2) is 0 Å². The van der Waals surface area contributed by atoms with Gasteiger partial charge in [0.15, 0.2) is 12.4 Å². The second kappa shape index (κ2) is 6.11. The van der Waals surface area contributed by atoms with Gasteiger partial charge in [0.1, 0.15) is 17.1 Å². The van der Waals surface area contributed by atoms with Gasteiger partial charge in [-0.2, -0.15) is 9.13 Å². The Balaban J connectivity index is 1.44. The van der Waals surface area contributed by atoms with Crippen LogP contribution in [-0.2, 0) is 5.54 Å². The number of fused-ring (bicyclic) bond motifs is 17. The molecule has 0 bridgehead atoms. The van der Waals surface area contributed by atoms with Crippen molar-refractivity contribution >= 4 is 21.9 Å². The normalized spacial score (nSPS) is 22.3. The molecule has 1 aliphatic carbocycles. The highest BCUT2D eigenvalue weighted by atomic mass is 16.3. The summed E-state index contributed by atoms with van der Waals surface area (Å²) < 4.78 is 11.7. The van der Waals surface area contributed by atoms with Crippen LogP contribution in [0, 0.1) is 13.8 Å². The smallest absolute Gasteiger partial charge is 0.269 e. The number of benzene rings is 3. The number of aryl methyl sites for hydroxylation is 2. The van der Waals surface area contributed by atoms with Gasteiger partial charge in [0.25, 0.3) is 5.54 Å². The zero-order valence-electron chi connectivity index (χ0n) is 20.2. The first-order valence-corrected chi connectivity index (χ1v) is 12.8. The summed E-state index contributed by atoms with van der Waals surface area (Å²) in [5.74, 6) is 0.332. The van der Waals surface area contributed by atoms with Crippen molar-refractivity contribution in [2.45, 2.75) is 31.3 Å². The molecule has 0 saturated heterocycles. The van der Waals surface area contributed by atoms with Crippen LogP contribution >= 0.6 is 0 Å². The van der Waals surface area contributed by atoms with Gasteiger partial charge >= 0.3 is 0 Å². The molecule has 2 aliphatic heterocycles. The maximum atomic E-state index is 6.62. The molecule has 0 amide bonds. The fraction of sp³-hybridized carbons (Fsp3) is 0.152. The van der Waals surface area contributed by atoms with Gasteiger partial charge in [0, 0.05) is 40.1 Å². The molecule has 170 valence electrons. The number of nitrogens with zero attached hydrogens (tertiary/aromatic N) is 2. The summed E-state index contributed by atoms with van der Waals surface area (Å²) in [5, 5.41) is 2.38. The van der Waals surface area contributed by atoms with Crippen molar-refractivity contribution in [3.8, 4) is 22.5 Å². The van der Waals surface area contributed by atoms with E-state index >= 15 is 0 Å². The van der Waals surface area contributed by atoms with Crippen LogP contribution in [0.3, 0.4) is 0 Å². The molecule has 9 rings (SSSR count). The first-order chi connectivity index (χ1) is 17.7. The minimum absolute atomic E-state index is 0.143. The van der Waals surface area contributed by atoms with Gasteiger partial charge in [-0.15, -0.1) is 0 Å². The Kier molecular flexibility index (Phi) is 3.23. The minimum Gasteiger partial charge on any atom is -0.455 e. The zero-order valence-corrected chi connectivity index (χ0v) is 20.2. The lowest BCUT2D eigenvalue weighted by Gasteiger charge is -2.14. The van der Waals surface area contributed by atoms with Gasteiger partial charge in [0.2, 0.25) is 17.4 Å². The van der Waals surface area contributed by atoms with Crippen molar-refractivity contribution in [1.29, 1.82) is 0 Å². The third-order valence-corrected chi connectivity index (χ3v) is 8.95. The Morgan fingerprint density at radius 1 is 0.806 bits per heavy atom. The van der Waals surface area contributed by atoms with Crippen molar-refractivity contribution in [1.82, 2.24) is 0 Å². The lowest BCUT2D eigenvalue weighted by molar-refractivity contribution is -0.772. The van der Waals surface area contributed by atoms with Crippen LogP contribution < -0.4 is 9.13 Å². The number of para-hydroxylation sites is 1. The van der Waals surface area contributed by atoms with Gasteiger partial charge in [0.05, 0.1) is 11.1 Å². The van der Waals surface area contributed by atoms with Crippen LogP contribution in [0.2, 0.25) is 0 Å². The molecule has 6 aromatic rings. The van der Waals surface area contributed by atoms with E-state index in [0.717, 1.165) is 11.2 Å². The fourth-order valence-electron chi connectivity index (χ4n) is 7.59. The molecule has 0 radical (unpaired) electrons. The van der Waals surface area contributed by atoms with E-state index in [4.69, 9.17) is 4.42 Å². The van der Waals surface area contributed by atoms with E-state index in [-0.39, 0.29) is 5.54 Å². The van der Waals surface area contributed by atoms with Crippen molar-refractivity contribution in [3.05, 3.63) is 120 Å². The third-order valence-electron chi connectivity index (χ3n) is 8.95. The van der Waals surface area contributed by atoms with E-state index in [1.165, 1.54) is 55.5 Å². The van der Waals surface area contributed by atoms with Crippen LogP contribution in [0.5, 0.6) is 0 Å². The zero-order chi connectivity index (χ0) is 23.8. The lowest BCUT2D eigenvalue weighted by Crippen LogP contribution is -2.51. The first-order valence-electron chi connectivity index (χ1n) is 12.8. The molecule has 1 spiro atoms. The van der Waals surface area contributed by atoms with Crippen LogP contribution in [0.15, 0.2) is 102 Å². The Hall–Kier alpha value is -4.24. The molecule has 3 unspecified atom stereocenters. The fourth-order valence-corrected chi connectivity index (χ4v) is 7.59. The van der Waals surface area contributed by atoms with Gasteiger partial charge in [-0.05, 0) is 49.7 Å². The topological polar surface area (TPSA) is 20.9 Å². The average molecular weight is 465 g/mol. The summed E-state index contributed by atoms with van der Waals surface area (Å²) in [7, 11) is 0.